The molecule has 2 atom stereocenters. The van der Waals surface area contributed by atoms with E-state index in [-0.39, 0.29) is 12.0 Å². The van der Waals surface area contributed by atoms with Crippen molar-refractivity contribution in [2.45, 2.75) is 91.3 Å². The highest BCUT2D eigenvalue weighted by atomic mass is 16.4. The highest BCUT2D eigenvalue weighted by Gasteiger charge is 2.28. The molecule has 2 unspecified atom stereocenters. The summed E-state index contributed by atoms with van der Waals surface area (Å²) >= 11 is 0. The number of aliphatic carboxylic acids is 1. The number of hydrogen-bond acceptors (Lipinski definition) is 4. The molecule has 0 spiro atoms. The number of allylic oxidation sites excluding steroid dienone is 4. The van der Waals surface area contributed by atoms with E-state index in [4.69, 9.17) is 0 Å². The molecule has 0 fully saturated rings. The average Bonchev–Trinajstić information content (AvgIpc) is 3.23. The largest absolute Gasteiger partial charge is 0.481 e. The van der Waals surface area contributed by atoms with Gasteiger partial charge in [-0.05, 0) is 92.9 Å². The van der Waals surface area contributed by atoms with E-state index < -0.39 is 23.6 Å². The molecule has 2 aliphatic rings. The van der Waals surface area contributed by atoms with Crippen molar-refractivity contribution >= 4 is 5.97 Å². The summed E-state index contributed by atoms with van der Waals surface area (Å²) in [5.41, 5.74) is 3.09. The first-order valence-corrected chi connectivity index (χ1v) is 11.5. The van der Waals surface area contributed by atoms with Gasteiger partial charge in [-0.15, -0.1) is 0 Å². The van der Waals surface area contributed by atoms with Crippen molar-refractivity contribution in [1.82, 2.24) is 0 Å². The molecule has 0 aromatic carbocycles. The molecule has 0 radical (unpaired) electrons. The molecule has 0 aliphatic heterocycles. The molecule has 0 aromatic rings. The minimum absolute atomic E-state index is 0.0838. The second kappa shape index (κ2) is 10.8. The van der Waals surface area contributed by atoms with Gasteiger partial charge < -0.3 is 20.4 Å². The van der Waals surface area contributed by atoms with Crippen molar-refractivity contribution in [3.8, 4) is 0 Å². The zero-order chi connectivity index (χ0) is 23.2. The monoisotopic (exact) mass is 432 g/mol. The van der Waals surface area contributed by atoms with E-state index in [1.807, 2.05) is 38.2 Å². The van der Waals surface area contributed by atoms with Crippen molar-refractivity contribution in [2.75, 3.05) is 6.61 Å². The summed E-state index contributed by atoms with van der Waals surface area (Å²) < 4.78 is 0. The van der Waals surface area contributed by atoms with E-state index >= 15 is 0 Å². The molecule has 0 heterocycles. The Labute approximate surface area is 186 Å². The van der Waals surface area contributed by atoms with Gasteiger partial charge in [-0.2, -0.15) is 0 Å². The standard InChI is InChI=1S/C26H40O5/c1-25(2,17-27)15-5-7-18-9-11-20(22(18)28)13-14-21-12-10-19(23(21)29)8-6-16-26(3,4)24(30)31/h9-12,22-23,27-29H,5-8,13-17H2,1-4H3,(H,30,31). The second-order valence-electron chi connectivity index (χ2n) is 10.5. The molecule has 5 nitrogen and oxygen atoms in total. The van der Waals surface area contributed by atoms with E-state index in [1.165, 1.54) is 0 Å². The number of carboxylic acid groups (broad SMARTS) is 1. The summed E-state index contributed by atoms with van der Waals surface area (Å²) in [6, 6.07) is 0. The molecular weight excluding hydrogens is 392 g/mol. The molecule has 0 aromatic heterocycles. The number of aliphatic hydroxyl groups excluding tert-OH is 3. The van der Waals surface area contributed by atoms with Crippen molar-refractivity contribution in [3.63, 3.8) is 0 Å². The predicted molar refractivity (Wildman–Crippen MR) is 124 cm³/mol. The summed E-state index contributed by atoms with van der Waals surface area (Å²) in [4.78, 5) is 11.2. The van der Waals surface area contributed by atoms with Crippen LogP contribution in [0.5, 0.6) is 0 Å². The minimum Gasteiger partial charge on any atom is -0.481 e. The lowest BCUT2D eigenvalue weighted by atomic mass is 9.86. The molecule has 174 valence electrons. The molecule has 5 heteroatoms. The van der Waals surface area contributed by atoms with Crippen LogP contribution >= 0.6 is 0 Å². The number of rotatable bonds is 13. The van der Waals surface area contributed by atoms with Gasteiger partial charge in [-0.25, -0.2) is 0 Å². The maximum Gasteiger partial charge on any atom is 0.309 e. The Hall–Kier alpha value is -1.69. The van der Waals surface area contributed by atoms with Crippen LogP contribution in [0.25, 0.3) is 0 Å². The first kappa shape index (κ1) is 25.6. The Morgan fingerprint density at radius 3 is 1.55 bits per heavy atom. The Bertz CT molecular complexity index is 767. The molecule has 2 rings (SSSR count). The third-order valence-corrected chi connectivity index (χ3v) is 6.72. The van der Waals surface area contributed by atoms with Gasteiger partial charge >= 0.3 is 5.97 Å². The van der Waals surface area contributed by atoms with Gasteiger partial charge in [0, 0.05) is 6.61 Å². The summed E-state index contributed by atoms with van der Waals surface area (Å²) in [5.74, 6) is -0.791. The van der Waals surface area contributed by atoms with Crippen LogP contribution in [0.15, 0.2) is 46.6 Å². The third kappa shape index (κ3) is 7.16. The number of carboxylic acids is 1. The van der Waals surface area contributed by atoms with Gasteiger partial charge in [-0.1, -0.05) is 38.2 Å². The molecule has 0 saturated heterocycles. The summed E-state index contributed by atoms with van der Waals surface area (Å²) in [5, 5.41) is 39.9. The van der Waals surface area contributed by atoms with Crippen LogP contribution in [-0.4, -0.2) is 45.2 Å². The van der Waals surface area contributed by atoms with Gasteiger partial charge in [0.25, 0.3) is 0 Å². The van der Waals surface area contributed by atoms with Gasteiger partial charge in [0.05, 0.1) is 17.6 Å². The topological polar surface area (TPSA) is 98.0 Å². The summed E-state index contributed by atoms with van der Waals surface area (Å²) in [6.45, 7) is 7.73. The van der Waals surface area contributed by atoms with E-state index in [0.29, 0.717) is 25.7 Å². The summed E-state index contributed by atoms with van der Waals surface area (Å²) in [7, 11) is 0. The SMILES string of the molecule is CC(C)(CO)CCCC1=CC=C(CCC2=CC=C(CCCC(C)(C)C(=O)O)C2O)C1O. The van der Waals surface area contributed by atoms with Crippen LogP contribution < -0.4 is 0 Å². The molecule has 4 N–H and O–H groups in total. The van der Waals surface area contributed by atoms with Gasteiger partial charge in [0.2, 0.25) is 0 Å². The fraction of sp³-hybridized carbons (Fsp3) is 0.654. The molecule has 2 aliphatic carbocycles. The van der Waals surface area contributed by atoms with Crippen LogP contribution in [-0.2, 0) is 4.79 Å². The van der Waals surface area contributed by atoms with Crippen molar-refractivity contribution in [1.29, 1.82) is 0 Å². The number of carbonyl (C=O) groups is 1. The fourth-order valence-electron chi connectivity index (χ4n) is 4.13. The first-order valence-electron chi connectivity index (χ1n) is 11.5. The highest BCUT2D eigenvalue weighted by molar-refractivity contribution is 5.73. The Morgan fingerprint density at radius 2 is 1.16 bits per heavy atom. The normalized spacial score (nSPS) is 21.6. The number of aliphatic hydroxyl groups is 3. The lowest BCUT2D eigenvalue weighted by Gasteiger charge is -2.22. The highest BCUT2D eigenvalue weighted by Crippen LogP contribution is 2.34. The van der Waals surface area contributed by atoms with Gasteiger partial charge in [-0.3, -0.25) is 4.79 Å². The quantitative estimate of drug-likeness (QED) is 0.338. The van der Waals surface area contributed by atoms with Gasteiger partial charge in [0.15, 0.2) is 0 Å². The van der Waals surface area contributed by atoms with E-state index in [2.05, 4.69) is 0 Å². The lowest BCUT2D eigenvalue weighted by Crippen LogP contribution is -2.23. The number of hydrogen-bond donors (Lipinski definition) is 4. The van der Waals surface area contributed by atoms with Crippen LogP contribution in [0.4, 0.5) is 0 Å². The zero-order valence-electron chi connectivity index (χ0n) is 19.5. The van der Waals surface area contributed by atoms with Gasteiger partial charge in [0.1, 0.15) is 0 Å². The average molecular weight is 433 g/mol. The van der Waals surface area contributed by atoms with Crippen LogP contribution in [0, 0.1) is 10.8 Å². The predicted octanol–water partition coefficient (Wildman–Crippen LogP) is 4.69. The van der Waals surface area contributed by atoms with Crippen LogP contribution in [0.1, 0.15) is 79.1 Å². The third-order valence-electron chi connectivity index (χ3n) is 6.72. The van der Waals surface area contributed by atoms with Crippen LogP contribution in [0.2, 0.25) is 0 Å². The minimum atomic E-state index is -0.791. The molecule has 31 heavy (non-hydrogen) atoms. The zero-order valence-corrected chi connectivity index (χ0v) is 19.5. The Morgan fingerprint density at radius 1 is 0.774 bits per heavy atom. The molecule has 0 saturated carbocycles. The summed E-state index contributed by atoms with van der Waals surface area (Å²) in [6.07, 6.45) is 12.9. The van der Waals surface area contributed by atoms with Crippen molar-refractivity contribution in [3.05, 3.63) is 46.6 Å². The second-order valence-corrected chi connectivity index (χ2v) is 10.5. The lowest BCUT2D eigenvalue weighted by molar-refractivity contribution is -0.147. The molecule has 0 bridgehead atoms. The van der Waals surface area contributed by atoms with Crippen molar-refractivity contribution in [2.24, 2.45) is 10.8 Å². The maximum absolute atomic E-state index is 11.2. The van der Waals surface area contributed by atoms with E-state index in [1.54, 1.807) is 13.8 Å². The first-order chi connectivity index (χ1) is 14.5. The van der Waals surface area contributed by atoms with E-state index in [9.17, 15) is 25.2 Å². The smallest absolute Gasteiger partial charge is 0.309 e. The van der Waals surface area contributed by atoms with E-state index in [0.717, 1.165) is 48.0 Å². The fourth-order valence-corrected chi connectivity index (χ4v) is 4.13. The molecule has 0 amide bonds. The molecular formula is C26H40O5. The Balaban J connectivity index is 1.72. The van der Waals surface area contributed by atoms with Crippen LogP contribution in [0.3, 0.4) is 0 Å². The van der Waals surface area contributed by atoms with Crippen molar-refractivity contribution < 1.29 is 25.2 Å². The Kier molecular flexibility index (Phi) is 8.87. The maximum atomic E-state index is 11.2.